The molecule has 1 saturated carbocycles. The van der Waals surface area contributed by atoms with Crippen molar-refractivity contribution in [1.29, 1.82) is 0 Å². The number of amides is 1. The fourth-order valence-corrected chi connectivity index (χ4v) is 3.31. The summed E-state index contributed by atoms with van der Waals surface area (Å²) >= 11 is 0. The maximum Gasteiger partial charge on any atom is 0.221 e. The molecule has 0 aromatic heterocycles. The van der Waals surface area contributed by atoms with E-state index in [-0.39, 0.29) is 18.1 Å². The standard InChI is InChI=1S/C16H32N2O2/c1-3-7-14(8-11-19)13-18-15(20)12-16(17-2)9-5-4-6-10-16/h14,17,19H,3-13H2,1-2H3,(H,18,20). The molecule has 1 atom stereocenters. The van der Waals surface area contributed by atoms with Crippen molar-refractivity contribution in [2.45, 2.75) is 70.3 Å². The molecule has 1 rings (SSSR count). The zero-order chi connectivity index (χ0) is 14.8. The SMILES string of the molecule is CCCC(CCO)CNC(=O)CC1(NC)CCCCC1. The van der Waals surface area contributed by atoms with Crippen LogP contribution in [0.2, 0.25) is 0 Å². The Labute approximate surface area is 123 Å². The molecule has 0 spiro atoms. The second-order valence-electron chi connectivity index (χ2n) is 6.24. The maximum atomic E-state index is 12.2. The van der Waals surface area contributed by atoms with Gasteiger partial charge in [0.15, 0.2) is 0 Å². The number of nitrogens with one attached hydrogen (secondary N) is 2. The lowest BCUT2D eigenvalue weighted by Crippen LogP contribution is -2.48. The minimum Gasteiger partial charge on any atom is -0.396 e. The van der Waals surface area contributed by atoms with Crippen LogP contribution in [-0.2, 0) is 4.79 Å². The number of aliphatic hydroxyl groups excluding tert-OH is 1. The van der Waals surface area contributed by atoms with Gasteiger partial charge in [-0.05, 0) is 38.6 Å². The average molecular weight is 284 g/mol. The highest BCUT2D eigenvalue weighted by molar-refractivity contribution is 5.77. The molecule has 0 aromatic rings. The molecule has 118 valence electrons. The molecule has 0 saturated heterocycles. The third-order valence-electron chi connectivity index (χ3n) is 4.66. The number of hydrogen-bond acceptors (Lipinski definition) is 3. The van der Waals surface area contributed by atoms with Gasteiger partial charge in [0.1, 0.15) is 0 Å². The lowest BCUT2D eigenvalue weighted by Gasteiger charge is -2.36. The zero-order valence-corrected chi connectivity index (χ0v) is 13.2. The predicted molar refractivity (Wildman–Crippen MR) is 82.6 cm³/mol. The Morgan fingerprint density at radius 1 is 1.25 bits per heavy atom. The molecular weight excluding hydrogens is 252 g/mol. The van der Waals surface area contributed by atoms with E-state index in [1.165, 1.54) is 19.3 Å². The van der Waals surface area contributed by atoms with Gasteiger partial charge in [-0.1, -0.05) is 32.6 Å². The Balaban J connectivity index is 2.37. The van der Waals surface area contributed by atoms with Gasteiger partial charge in [-0.25, -0.2) is 0 Å². The fourth-order valence-electron chi connectivity index (χ4n) is 3.31. The van der Waals surface area contributed by atoms with E-state index in [9.17, 15) is 4.79 Å². The minimum absolute atomic E-state index is 0.0135. The van der Waals surface area contributed by atoms with Crippen LogP contribution in [0.4, 0.5) is 0 Å². The van der Waals surface area contributed by atoms with Crippen molar-refractivity contribution in [2.75, 3.05) is 20.2 Å². The van der Waals surface area contributed by atoms with Gasteiger partial charge in [0.2, 0.25) is 5.91 Å². The van der Waals surface area contributed by atoms with Crippen LogP contribution in [0, 0.1) is 5.92 Å². The van der Waals surface area contributed by atoms with Gasteiger partial charge in [0.05, 0.1) is 0 Å². The fraction of sp³-hybridized carbons (Fsp3) is 0.938. The van der Waals surface area contributed by atoms with Crippen LogP contribution in [0.3, 0.4) is 0 Å². The number of rotatable bonds is 9. The Morgan fingerprint density at radius 2 is 1.95 bits per heavy atom. The van der Waals surface area contributed by atoms with Crippen molar-refractivity contribution < 1.29 is 9.90 Å². The lowest BCUT2D eigenvalue weighted by atomic mass is 9.79. The molecule has 0 aliphatic heterocycles. The summed E-state index contributed by atoms with van der Waals surface area (Å²) < 4.78 is 0. The first-order chi connectivity index (χ1) is 9.65. The van der Waals surface area contributed by atoms with Crippen LogP contribution >= 0.6 is 0 Å². The summed E-state index contributed by atoms with van der Waals surface area (Å²) in [5.41, 5.74) is 0.0135. The van der Waals surface area contributed by atoms with Crippen molar-refractivity contribution in [3.63, 3.8) is 0 Å². The molecular formula is C16H32N2O2. The Kier molecular flexibility index (Phi) is 8.15. The van der Waals surface area contributed by atoms with Crippen molar-refractivity contribution in [2.24, 2.45) is 5.92 Å². The molecule has 4 heteroatoms. The van der Waals surface area contributed by atoms with Crippen LogP contribution in [0.5, 0.6) is 0 Å². The summed E-state index contributed by atoms with van der Waals surface area (Å²) in [5, 5.41) is 15.5. The Bertz CT molecular complexity index is 270. The lowest BCUT2D eigenvalue weighted by molar-refractivity contribution is -0.123. The van der Waals surface area contributed by atoms with Crippen molar-refractivity contribution in [3.8, 4) is 0 Å². The highest BCUT2D eigenvalue weighted by Gasteiger charge is 2.32. The summed E-state index contributed by atoms with van der Waals surface area (Å²) in [6.45, 7) is 3.05. The van der Waals surface area contributed by atoms with E-state index >= 15 is 0 Å². The third kappa shape index (κ3) is 5.80. The second kappa shape index (κ2) is 9.35. The summed E-state index contributed by atoms with van der Waals surface area (Å²) in [7, 11) is 1.98. The van der Waals surface area contributed by atoms with Crippen LogP contribution in [0.15, 0.2) is 0 Å². The molecule has 1 aliphatic carbocycles. The molecule has 1 aliphatic rings. The normalized spacial score (nSPS) is 19.6. The first kappa shape index (κ1) is 17.4. The molecule has 4 nitrogen and oxygen atoms in total. The molecule has 0 heterocycles. The van der Waals surface area contributed by atoms with Gasteiger partial charge in [-0.2, -0.15) is 0 Å². The highest BCUT2D eigenvalue weighted by Crippen LogP contribution is 2.30. The number of carbonyl (C=O) groups is 1. The second-order valence-corrected chi connectivity index (χ2v) is 6.24. The van der Waals surface area contributed by atoms with E-state index < -0.39 is 0 Å². The first-order valence-electron chi connectivity index (χ1n) is 8.22. The summed E-state index contributed by atoms with van der Waals surface area (Å²) in [6.07, 6.45) is 9.47. The summed E-state index contributed by atoms with van der Waals surface area (Å²) in [5.74, 6) is 0.561. The van der Waals surface area contributed by atoms with E-state index in [0.717, 1.165) is 32.1 Å². The molecule has 0 bridgehead atoms. The molecule has 3 N–H and O–H groups in total. The summed E-state index contributed by atoms with van der Waals surface area (Å²) in [6, 6.07) is 0. The predicted octanol–water partition coefficient (Wildman–Crippen LogP) is 2.21. The van der Waals surface area contributed by atoms with E-state index in [4.69, 9.17) is 5.11 Å². The smallest absolute Gasteiger partial charge is 0.221 e. The molecule has 1 amide bonds. The molecule has 1 fully saturated rings. The monoisotopic (exact) mass is 284 g/mol. The van der Waals surface area contributed by atoms with Gasteiger partial charge in [0.25, 0.3) is 0 Å². The van der Waals surface area contributed by atoms with Crippen LogP contribution in [-0.4, -0.2) is 36.8 Å². The third-order valence-corrected chi connectivity index (χ3v) is 4.66. The van der Waals surface area contributed by atoms with Crippen molar-refractivity contribution >= 4 is 5.91 Å². The van der Waals surface area contributed by atoms with Gasteiger partial charge >= 0.3 is 0 Å². The quantitative estimate of drug-likeness (QED) is 0.608. The van der Waals surface area contributed by atoms with Crippen LogP contribution < -0.4 is 10.6 Å². The van der Waals surface area contributed by atoms with Gasteiger partial charge in [-0.3, -0.25) is 4.79 Å². The number of carbonyl (C=O) groups excluding carboxylic acids is 1. The zero-order valence-electron chi connectivity index (χ0n) is 13.2. The molecule has 1 unspecified atom stereocenters. The highest BCUT2D eigenvalue weighted by atomic mass is 16.3. The van der Waals surface area contributed by atoms with Gasteiger partial charge < -0.3 is 15.7 Å². The maximum absolute atomic E-state index is 12.2. The topological polar surface area (TPSA) is 61.4 Å². The average Bonchev–Trinajstić information content (AvgIpc) is 2.46. The molecule has 20 heavy (non-hydrogen) atoms. The number of hydrogen-bond donors (Lipinski definition) is 3. The van der Waals surface area contributed by atoms with Crippen LogP contribution in [0.25, 0.3) is 0 Å². The Morgan fingerprint density at radius 3 is 2.50 bits per heavy atom. The summed E-state index contributed by atoms with van der Waals surface area (Å²) in [4.78, 5) is 12.2. The first-order valence-corrected chi connectivity index (χ1v) is 8.22. The van der Waals surface area contributed by atoms with E-state index in [0.29, 0.717) is 18.9 Å². The van der Waals surface area contributed by atoms with Crippen molar-refractivity contribution in [1.82, 2.24) is 10.6 Å². The van der Waals surface area contributed by atoms with Crippen LogP contribution in [0.1, 0.15) is 64.7 Å². The Hall–Kier alpha value is -0.610. The molecule has 0 aromatic carbocycles. The molecule has 0 radical (unpaired) electrons. The van der Waals surface area contributed by atoms with Gasteiger partial charge in [0, 0.05) is 25.1 Å². The largest absolute Gasteiger partial charge is 0.396 e. The minimum atomic E-state index is 0.0135. The van der Waals surface area contributed by atoms with E-state index in [2.05, 4.69) is 17.6 Å². The van der Waals surface area contributed by atoms with Crippen molar-refractivity contribution in [3.05, 3.63) is 0 Å². The number of aliphatic hydroxyl groups is 1. The van der Waals surface area contributed by atoms with E-state index in [1.807, 2.05) is 7.05 Å². The van der Waals surface area contributed by atoms with Gasteiger partial charge in [-0.15, -0.1) is 0 Å². The van der Waals surface area contributed by atoms with E-state index in [1.54, 1.807) is 0 Å².